The zero-order valence-electron chi connectivity index (χ0n) is 13.3. The molecule has 2 aromatic carbocycles. The number of hydrogen-bond donors (Lipinski definition) is 1. The minimum atomic E-state index is -1.21. The quantitative estimate of drug-likeness (QED) is 0.900. The Kier molecular flexibility index (Phi) is 3.77. The van der Waals surface area contributed by atoms with E-state index in [1.165, 1.54) is 6.07 Å². The molecule has 0 amide bonds. The lowest BCUT2D eigenvalue weighted by atomic mass is 10.1. The lowest BCUT2D eigenvalue weighted by molar-refractivity contribution is -0.0705. The predicted octanol–water partition coefficient (Wildman–Crippen LogP) is 3.53. The number of rotatable bonds is 2. The van der Waals surface area contributed by atoms with Crippen molar-refractivity contribution in [1.82, 2.24) is 5.32 Å². The zero-order valence-corrected chi connectivity index (χ0v) is 14.1. The highest BCUT2D eigenvalue weighted by molar-refractivity contribution is 6.30. The average Bonchev–Trinajstić information content (AvgIpc) is 2.92. The van der Waals surface area contributed by atoms with Crippen molar-refractivity contribution in [3.05, 3.63) is 52.8 Å². The Balaban J connectivity index is 1.70. The minimum absolute atomic E-state index is 0.328. The standard InChI is InChI=1S/C18H18ClFN2O2/c1-18(13-6-5-12(19)11-14(13)20)23-16-4-2-3-15(17(16)24-18)22-9-7-21-8-10-22/h2-6,11,21H,7-10H2,1H3. The second-order valence-electron chi connectivity index (χ2n) is 6.12. The lowest BCUT2D eigenvalue weighted by Gasteiger charge is -2.30. The second kappa shape index (κ2) is 5.83. The summed E-state index contributed by atoms with van der Waals surface area (Å²) < 4.78 is 26.5. The van der Waals surface area contributed by atoms with Crippen LogP contribution >= 0.6 is 11.6 Å². The number of fused-ring (bicyclic) bond motifs is 1. The van der Waals surface area contributed by atoms with E-state index in [1.54, 1.807) is 19.1 Å². The number of anilines is 1. The molecule has 0 bridgehead atoms. The van der Waals surface area contributed by atoms with Gasteiger partial charge in [-0.15, -0.1) is 0 Å². The number of piperazine rings is 1. The van der Waals surface area contributed by atoms with Crippen molar-refractivity contribution in [3.63, 3.8) is 0 Å². The maximum absolute atomic E-state index is 14.4. The van der Waals surface area contributed by atoms with Gasteiger partial charge in [0.2, 0.25) is 0 Å². The van der Waals surface area contributed by atoms with Crippen molar-refractivity contribution in [1.29, 1.82) is 0 Å². The summed E-state index contributed by atoms with van der Waals surface area (Å²) in [6, 6.07) is 10.3. The topological polar surface area (TPSA) is 33.7 Å². The Morgan fingerprint density at radius 3 is 2.71 bits per heavy atom. The van der Waals surface area contributed by atoms with E-state index in [0.29, 0.717) is 22.1 Å². The normalized spacial score (nSPS) is 22.7. The first-order valence-electron chi connectivity index (χ1n) is 7.99. The number of benzene rings is 2. The van der Waals surface area contributed by atoms with Crippen LogP contribution in [0.3, 0.4) is 0 Å². The van der Waals surface area contributed by atoms with Crippen LogP contribution in [0.2, 0.25) is 5.02 Å². The van der Waals surface area contributed by atoms with Crippen LogP contribution in [0.4, 0.5) is 10.1 Å². The first kappa shape index (κ1) is 15.5. The maximum atomic E-state index is 14.4. The van der Waals surface area contributed by atoms with Crippen molar-refractivity contribution in [3.8, 4) is 11.5 Å². The number of hydrogen-bond acceptors (Lipinski definition) is 4. The lowest BCUT2D eigenvalue weighted by Crippen LogP contribution is -2.43. The van der Waals surface area contributed by atoms with Crippen LogP contribution in [0.1, 0.15) is 12.5 Å². The van der Waals surface area contributed by atoms with Gasteiger partial charge in [-0.1, -0.05) is 17.7 Å². The maximum Gasteiger partial charge on any atom is 0.278 e. The summed E-state index contributed by atoms with van der Waals surface area (Å²) >= 11 is 5.85. The molecule has 0 aliphatic carbocycles. The Hall–Kier alpha value is -1.98. The van der Waals surface area contributed by atoms with E-state index in [4.69, 9.17) is 21.1 Å². The monoisotopic (exact) mass is 348 g/mol. The molecule has 1 atom stereocenters. The summed E-state index contributed by atoms with van der Waals surface area (Å²) in [6.07, 6.45) is 0. The fraction of sp³-hybridized carbons (Fsp3) is 0.333. The van der Waals surface area contributed by atoms with Crippen molar-refractivity contribution < 1.29 is 13.9 Å². The molecule has 24 heavy (non-hydrogen) atoms. The third kappa shape index (κ3) is 2.58. The summed E-state index contributed by atoms with van der Waals surface area (Å²) in [5.74, 6) is -0.359. The summed E-state index contributed by atoms with van der Waals surface area (Å²) in [5.41, 5.74) is 1.31. The van der Waals surface area contributed by atoms with E-state index in [1.807, 2.05) is 18.2 Å². The van der Waals surface area contributed by atoms with Gasteiger partial charge in [-0.3, -0.25) is 0 Å². The number of nitrogens with zero attached hydrogens (tertiary/aromatic N) is 1. The van der Waals surface area contributed by atoms with Gasteiger partial charge in [-0.2, -0.15) is 0 Å². The second-order valence-corrected chi connectivity index (χ2v) is 6.55. The third-order valence-electron chi connectivity index (χ3n) is 4.44. The summed E-state index contributed by atoms with van der Waals surface area (Å²) in [4.78, 5) is 2.25. The van der Waals surface area contributed by atoms with Gasteiger partial charge in [-0.05, 0) is 30.3 Å². The Morgan fingerprint density at radius 2 is 1.96 bits per heavy atom. The first-order valence-corrected chi connectivity index (χ1v) is 8.37. The fourth-order valence-corrected chi connectivity index (χ4v) is 3.39. The molecule has 0 radical (unpaired) electrons. The number of para-hydroxylation sites is 1. The zero-order chi connectivity index (χ0) is 16.7. The molecule has 2 aliphatic rings. The van der Waals surface area contributed by atoms with Crippen molar-refractivity contribution in [2.45, 2.75) is 12.7 Å². The van der Waals surface area contributed by atoms with E-state index in [0.717, 1.165) is 31.9 Å². The molecule has 0 saturated carbocycles. The first-order chi connectivity index (χ1) is 11.6. The van der Waals surface area contributed by atoms with Gasteiger partial charge >= 0.3 is 0 Å². The van der Waals surface area contributed by atoms with Crippen LogP contribution in [-0.4, -0.2) is 26.2 Å². The average molecular weight is 349 g/mol. The molecule has 2 heterocycles. The van der Waals surface area contributed by atoms with Crippen LogP contribution in [0.25, 0.3) is 0 Å². The van der Waals surface area contributed by atoms with Gasteiger partial charge in [0.1, 0.15) is 5.82 Å². The van der Waals surface area contributed by atoms with Gasteiger partial charge in [0.05, 0.1) is 11.3 Å². The highest BCUT2D eigenvalue weighted by Gasteiger charge is 2.42. The molecule has 0 spiro atoms. The fourth-order valence-electron chi connectivity index (χ4n) is 3.24. The van der Waals surface area contributed by atoms with Gasteiger partial charge in [0.15, 0.2) is 11.5 Å². The SMILES string of the molecule is CC1(c2ccc(Cl)cc2F)Oc2cccc(N3CCNCC3)c2O1. The molecule has 1 saturated heterocycles. The van der Waals surface area contributed by atoms with E-state index in [9.17, 15) is 4.39 Å². The van der Waals surface area contributed by atoms with Crippen molar-refractivity contribution in [2.75, 3.05) is 31.1 Å². The molecule has 1 N–H and O–H groups in total. The number of halogens is 2. The summed E-state index contributed by atoms with van der Waals surface area (Å²) in [7, 11) is 0. The largest absolute Gasteiger partial charge is 0.444 e. The number of ether oxygens (including phenoxy) is 2. The van der Waals surface area contributed by atoms with E-state index < -0.39 is 11.6 Å². The van der Waals surface area contributed by atoms with E-state index >= 15 is 0 Å². The Bertz CT molecular complexity index is 780. The molecular weight excluding hydrogens is 331 g/mol. The Labute approximate surface area is 145 Å². The van der Waals surface area contributed by atoms with E-state index in [-0.39, 0.29) is 0 Å². The molecule has 2 aliphatic heterocycles. The predicted molar refractivity (Wildman–Crippen MR) is 91.5 cm³/mol. The molecule has 4 rings (SSSR count). The van der Waals surface area contributed by atoms with Crippen molar-refractivity contribution in [2.24, 2.45) is 0 Å². The highest BCUT2D eigenvalue weighted by atomic mass is 35.5. The molecule has 4 nitrogen and oxygen atoms in total. The van der Waals surface area contributed by atoms with Crippen LogP contribution in [0.5, 0.6) is 11.5 Å². The van der Waals surface area contributed by atoms with Gasteiger partial charge in [0, 0.05) is 38.1 Å². The number of nitrogens with one attached hydrogen (secondary N) is 1. The van der Waals surface area contributed by atoms with Crippen LogP contribution in [-0.2, 0) is 5.79 Å². The molecule has 2 aromatic rings. The molecular formula is C18H18ClFN2O2. The van der Waals surface area contributed by atoms with Gasteiger partial charge < -0.3 is 19.7 Å². The van der Waals surface area contributed by atoms with Crippen LogP contribution < -0.4 is 19.7 Å². The van der Waals surface area contributed by atoms with E-state index in [2.05, 4.69) is 10.2 Å². The van der Waals surface area contributed by atoms with Gasteiger partial charge in [-0.25, -0.2) is 4.39 Å². The molecule has 6 heteroatoms. The minimum Gasteiger partial charge on any atom is -0.444 e. The third-order valence-corrected chi connectivity index (χ3v) is 4.67. The molecule has 1 unspecified atom stereocenters. The highest BCUT2D eigenvalue weighted by Crippen LogP contribution is 2.49. The Morgan fingerprint density at radius 1 is 1.17 bits per heavy atom. The molecule has 0 aromatic heterocycles. The van der Waals surface area contributed by atoms with Gasteiger partial charge in [0.25, 0.3) is 5.79 Å². The van der Waals surface area contributed by atoms with Crippen molar-refractivity contribution >= 4 is 17.3 Å². The van der Waals surface area contributed by atoms with Crippen LogP contribution in [0, 0.1) is 5.82 Å². The summed E-state index contributed by atoms with van der Waals surface area (Å²) in [5, 5.41) is 3.68. The molecule has 1 fully saturated rings. The smallest absolute Gasteiger partial charge is 0.278 e. The molecule has 126 valence electrons. The summed E-state index contributed by atoms with van der Waals surface area (Å²) in [6.45, 7) is 5.36. The van der Waals surface area contributed by atoms with Crippen LogP contribution in [0.15, 0.2) is 36.4 Å².